The standard InChI is InChI=1S/C16H19N3O2.ClH/c1-2-3-11-21-19-16(17)18-15(20)14-10-6-8-12-7-4-5-9-13(12)14;/h4-10H,2-3,11H2,1H3,(H3,17,18,19,20);1H. The number of amides is 1. The molecule has 0 aliphatic rings. The van der Waals surface area contributed by atoms with Gasteiger partial charge in [0.15, 0.2) is 0 Å². The Labute approximate surface area is 135 Å². The average molecular weight is 322 g/mol. The summed E-state index contributed by atoms with van der Waals surface area (Å²) in [7, 11) is 0. The van der Waals surface area contributed by atoms with E-state index in [2.05, 4.69) is 17.4 Å². The largest absolute Gasteiger partial charge is 0.393 e. The predicted molar refractivity (Wildman–Crippen MR) is 91.1 cm³/mol. The molecule has 0 saturated carbocycles. The highest BCUT2D eigenvalue weighted by molar-refractivity contribution is 6.12. The van der Waals surface area contributed by atoms with Crippen molar-refractivity contribution in [3.05, 3.63) is 48.0 Å². The molecule has 118 valence electrons. The van der Waals surface area contributed by atoms with Crippen LogP contribution in [0.15, 0.2) is 47.6 Å². The lowest BCUT2D eigenvalue weighted by Crippen LogP contribution is -2.37. The van der Waals surface area contributed by atoms with Crippen molar-refractivity contribution in [1.82, 2.24) is 5.32 Å². The van der Waals surface area contributed by atoms with E-state index in [4.69, 9.17) is 10.6 Å². The van der Waals surface area contributed by atoms with Gasteiger partial charge in [-0.25, -0.2) is 0 Å². The number of rotatable bonds is 5. The van der Waals surface area contributed by atoms with E-state index >= 15 is 0 Å². The van der Waals surface area contributed by atoms with Crippen LogP contribution in [0.3, 0.4) is 0 Å². The van der Waals surface area contributed by atoms with Gasteiger partial charge in [-0.2, -0.15) is 0 Å². The van der Waals surface area contributed by atoms with Gasteiger partial charge in [-0.3, -0.25) is 10.1 Å². The SMILES string of the molecule is CCCCON=C(N)NC(=O)c1cccc2ccccc12.Cl. The molecule has 0 saturated heterocycles. The summed E-state index contributed by atoms with van der Waals surface area (Å²) < 4.78 is 0. The third-order valence-electron chi connectivity index (χ3n) is 3.03. The third-order valence-corrected chi connectivity index (χ3v) is 3.03. The van der Waals surface area contributed by atoms with Gasteiger partial charge in [-0.1, -0.05) is 49.7 Å². The number of guanidine groups is 1. The maximum atomic E-state index is 12.2. The van der Waals surface area contributed by atoms with Crippen molar-refractivity contribution in [2.24, 2.45) is 10.9 Å². The lowest BCUT2D eigenvalue weighted by molar-refractivity contribution is 0.0971. The van der Waals surface area contributed by atoms with Gasteiger partial charge in [0.05, 0.1) is 0 Å². The number of unbranched alkanes of at least 4 members (excludes halogenated alkanes) is 1. The van der Waals surface area contributed by atoms with Crippen molar-refractivity contribution in [3.8, 4) is 0 Å². The maximum absolute atomic E-state index is 12.2. The van der Waals surface area contributed by atoms with Crippen LogP contribution >= 0.6 is 12.4 Å². The van der Waals surface area contributed by atoms with Crippen LogP contribution in [0, 0.1) is 0 Å². The topological polar surface area (TPSA) is 76.7 Å². The van der Waals surface area contributed by atoms with E-state index in [1.807, 2.05) is 36.4 Å². The molecule has 0 radical (unpaired) electrons. The highest BCUT2D eigenvalue weighted by Gasteiger charge is 2.10. The van der Waals surface area contributed by atoms with Crippen LogP contribution < -0.4 is 11.1 Å². The Morgan fingerprint density at radius 2 is 1.95 bits per heavy atom. The molecule has 2 aromatic carbocycles. The molecule has 3 N–H and O–H groups in total. The highest BCUT2D eigenvalue weighted by atomic mass is 35.5. The van der Waals surface area contributed by atoms with Crippen LogP contribution in [-0.2, 0) is 4.84 Å². The first-order valence-electron chi connectivity index (χ1n) is 6.97. The lowest BCUT2D eigenvalue weighted by atomic mass is 10.0. The van der Waals surface area contributed by atoms with E-state index in [0.29, 0.717) is 12.2 Å². The average Bonchev–Trinajstić information content (AvgIpc) is 2.51. The normalized spacial score (nSPS) is 10.9. The summed E-state index contributed by atoms with van der Waals surface area (Å²) in [5.41, 5.74) is 6.19. The van der Waals surface area contributed by atoms with Crippen LogP contribution in [-0.4, -0.2) is 18.5 Å². The third kappa shape index (κ3) is 4.63. The van der Waals surface area contributed by atoms with Crippen molar-refractivity contribution in [2.45, 2.75) is 19.8 Å². The van der Waals surface area contributed by atoms with Gasteiger partial charge in [0.25, 0.3) is 5.91 Å². The van der Waals surface area contributed by atoms with E-state index in [1.54, 1.807) is 6.07 Å². The Hall–Kier alpha value is -2.27. The number of carbonyl (C=O) groups excluding carboxylic acids is 1. The molecule has 2 aromatic rings. The van der Waals surface area contributed by atoms with Gasteiger partial charge >= 0.3 is 0 Å². The first-order chi connectivity index (χ1) is 10.2. The number of fused-ring (bicyclic) bond motifs is 1. The summed E-state index contributed by atoms with van der Waals surface area (Å²) in [4.78, 5) is 17.2. The zero-order valence-corrected chi connectivity index (χ0v) is 13.2. The Balaban J connectivity index is 0.00000242. The monoisotopic (exact) mass is 321 g/mol. The maximum Gasteiger partial charge on any atom is 0.258 e. The van der Waals surface area contributed by atoms with Crippen LogP contribution in [0.4, 0.5) is 0 Å². The number of oxime groups is 1. The van der Waals surface area contributed by atoms with Crippen LogP contribution in [0.2, 0.25) is 0 Å². The first kappa shape index (κ1) is 17.8. The minimum absolute atomic E-state index is 0. The van der Waals surface area contributed by atoms with Crippen molar-refractivity contribution >= 4 is 35.0 Å². The highest BCUT2D eigenvalue weighted by Crippen LogP contribution is 2.18. The molecular formula is C16H20ClN3O2. The molecule has 0 atom stereocenters. The van der Waals surface area contributed by atoms with Gasteiger partial charge in [0.2, 0.25) is 5.96 Å². The number of hydrogen-bond donors (Lipinski definition) is 2. The Bertz CT molecular complexity index is 653. The second-order valence-corrected chi connectivity index (χ2v) is 4.64. The second kappa shape index (κ2) is 8.89. The minimum atomic E-state index is -0.299. The predicted octanol–water partition coefficient (Wildman–Crippen LogP) is 3.04. The number of halogens is 1. The molecule has 0 fully saturated rings. The van der Waals surface area contributed by atoms with Crippen LogP contribution in [0.5, 0.6) is 0 Å². The number of nitrogens with two attached hydrogens (primary N) is 1. The summed E-state index contributed by atoms with van der Waals surface area (Å²) in [6.07, 6.45) is 1.91. The van der Waals surface area contributed by atoms with Crippen LogP contribution in [0.1, 0.15) is 30.1 Å². The van der Waals surface area contributed by atoms with E-state index in [-0.39, 0.29) is 24.3 Å². The molecule has 0 bridgehead atoms. The Morgan fingerprint density at radius 3 is 2.73 bits per heavy atom. The van der Waals surface area contributed by atoms with Crippen molar-refractivity contribution in [3.63, 3.8) is 0 Å². The second-order valence-electron chi connectivity index (χ2n) is 4.64. The minimum Gasteiger partial charge on any atom is -0.393 e. The fraction of sp³-hybridized carbons (Fsp3) is 0.250. The fourth-order valence-corrected chi connectivity index (χ4v) is 1.95. The van der Waals surface area contributed by atoms with E-state index in [0.717, 1.165) is 23.6 Å². The molecule has 0 heterocycles. The van der Waals surface area contributed by atoms with Crippen molar-refractivity contribution < 1.29 is 9.63 Å². The Morgan fingerprint density at radius 1 is 1.23 bits per heavy atom. The van der Waals surface area contributed by atoms with Crippen LogP contribution in [0.25, 0.3) is 10.8 Å². The van der Waals surface area contributed by atoms with Gasteiger partial charge < -0.3 is 10.6 Å². The van der Waals surface area contributed by atoms with Crippen molar-refractivity contribution in [1.29, 1.82) is 0 Å². The molecule has 1 amide bonds. The zero-order valence-electron chi connectivity index (χ0n) is 12.4. The smallest absolute Gasteiger partial charge is 0.258 e. The quantitative estimate of drug-likeness (QED) is 0.384. The number of hydrogen-bond acceptors (Lipinski definition) is 3. The molecule has 22 heavy (non-hydrogen) atoms. The molecule has 6 heteroatoms. The number of carbonyl (C=O) groups is 1. The molecule has 0 unspecified atom stereocenters. The number of nitrogens with one attached hydrogen (secondary N) is 1. The van der Waals surface area contributed by atoms with Gasteiger partial charge in [-0.15, -0.1) is 12.4 Å². The molecule has 0 aliphatic heterocycles. The fourth-order valence-electron chi connectivity index (χ4n) is 1.95. The van der Waals surface area contributed by atoms with Crippen molar-refractivity contribution in [2.75, 3.05) is 6.61 Å². The molecule has 0 aliphatic carbocycles. The lowest BCUT2D eigenvalue weighted by Gasteiger charge is -2.07. The van der Waals surface area contributed by atoms with E-state index in [9.17, 15) is 4.79 Å². The van der Waals surface area contributed by atoms with Gasteiger partial charge in [0.1, 0.15) is 6.61 Å². The summed E-state index contributed by atoms with van der Waals surface area (Å²) >= 11 is 0. The molecule has 5 nitrogen and oxygen atoms in total. The van der Waals surface area contributed by atoms with E-state index in [1.165, 1.54) is 0 Å². The summed E-state index contributed by atoms with van der Waals surface area (Å²) in [5.74, 6) is -0.337. The molecule has 0 spiro atoms. The zero-order chi connectivity index (χ0) is 15.1. The summed E-state index contributed by atoms with van der Waals surface area (Å²) in [6, 6.07) is 13.2. The number of nitrogens with zero attached hydrogens (tertiary/aromatic N) is 1. The summed E-state index contributed by atoms with van der Waals surface area (Å²) in [6.45, 7) is 2.54. The van der Waals surface area contributed by atoms with Gasteiger partial charge in [-0.05, 0) is 28.4 Å². The Kier molecular flexibility index (Phi) is 7.19. The number of benzene rings is 2. The molecule has 2 rings (SSSR count). The molecule has 0 aromatic heterocycles. The van der Waals surface area contributed by atoms with Gasteiger partial charge in [0, 0.05) is 5.56 Å². The summed E-state index contributed by atoms with van der Waals surface area (Å²) in [5, 5.41) is 8.07. The first-order valence-corrected chi connectivity index (χ1v) is 6.97. The molecular weight excluding hydrogens is 302 g/mol. The van der Waals surface area contributed by atoms with E-state index < -0.39 is 0 Å².